The Bertz CT molecular complexity index is 741. The summed E-state index contributed by atoms with van der Waals surface area (Å²) >= 11 is 7.43. The fourth-order valence-corrected chi connectivity index (χ4v) is 3.91. The average molecular weight is 354 g/mol. The van der Waals surface area contributed by atoms with Gasteiger partial charge in [0.25, 0.3) is 10.0 Å². The van der Waals surface area contributed by atoms with Crippen LogP contribution in [0.3, 0.4) is 0 Å². The number of nitrogens with zero attached hydrogens (tertiary/aromatic N) is 1. The van der Waals surface area contributed by atoms with Gasteiger partial charge in [0.05, 0.1) is 17.1 Å². The predicted molar refractivity (Wildman–Crippen MR) is 94.4 cm³/mol. The number of halogens is 1. The van der Waals surface area contributed by atoms with E-state index in [9.17, 15) is 8.42 Å². The number of benzene rings is 2. The summed E-state index contributed by atoms with van der Waals surface area (Å²) in [4.78, 5) is 1.27. The fraction of sp³-hybridized carbons (Fsp3) is 0.125. The monoisotopic (exact) mass is 353 g/mol. The predicted octanol–water partition coefficient (Wildman–Crippen LogP) is 4.44. The first-order chi connectivity index (χ1) is 10.5. The van der Waals surface area contributed by atoms with Gasteiger partial charge < -0.3 is 0 Å². The van der Waals surface area contributed by atoms with Crippen LogP contribution in [0.25, 0.3) is 0 Å². The summed E-state index contributed by atoms with van der Waals surface area (Å²) in [6.45, 7) is 3.83. The second kappa shape index (κ2) is 7.22. The van der Waals surface area contributed by atoms with E-state index in [-0.39, 0.29) is 11.4 Å². The topological polar surface area (TPSA) is 37.4 Å². The zero-order chi connectivity index (χ0) is 16.2. The molecule has 116 valence electrons. The Balaban J connectivity index is 2.44. The summed E-state index contributed by atoms with van der Waals surface area (Å²) in [6.07, 6.45) is 3.50. The summed E-state index contributed by atoms with van der Waals surface area (Å²) in [5.41, 5.74) is 0.554. The lowest BCUT2D eigenvalue weighted by molar-refractivity contribution is 0.593. The quantitative estimate of drug-likeness (QED) is 0.569. The highest BCUT2D eigenvalue weighted by molar-refractivity contribution is 7.98. The molecule has 0 N–H and O–H groups in total. The maximum absolute atomic E-state index is 12.8. The van der Waals surface area contributed by atoms with Gasteiger partial charge in [-0.25, -0.2) is 8.42 Å². The third-order valence-corrected chi connectivity index (χ3v) is 5.86. The minimum atomic E-state index is -3.64. The van der Waals surface area contributed by atoms with E-state index in [0.717, 1.165) is 4.90 Å². The van der Waals surface area contributed by atoms with Crippen LogP contribution in [0.5, 0.6) is 0 Å². The molecular formula is C16H16ClNO2S2. The number of rotatable bonds is 6. The van der Waals surface area contributed by atoms with Crippen molar-refractivity contribution in [3.05, 3.63) is 66.2 Å². The number of sulfonamides is 1. The second-order valence-corrected chi connectivity index (χ2v) is 7.66. The highest BCUT2D eigenvalue weighted by Crippen LogP contribution is 2.26. The van der Waals surface area contributed by atoms with E-state index in [1.165, 1.54) is 4.31 Å². The fourth-order valence-electron chi connectivity index (χ4n) is 1.94. The lowest BCUT2D eigenvalue weighted by atomic mass is 10.3. The van der Waals surface area contributed by atoms with E-state index in [0.29, 0.717) is 10.7 Å². The van der Waals surface area contributed by atoms with Crippen LogP contribution < -0.4 is 4.31 Å². The second-order valence-electron chi connectivity index (χ2n) is 4.48. The van der Waals surface area contributed by atoms with Crippen LogP contribution >= 0.6 is 23.4 Å². The summed E-state index contributed by atoms with van der Waals surface area (Å²) in [7, 11) is -3.64. The molecule has 0 aliphatic rings. The van der Waals surface area contributed by atoms with Gasteiger partial charge in [-0.05, 0) is 54.8 Å². The van der Waals surface area contributed by atoms with Crippen LogP contribution in [0.2, 0.25) is 5.02 Å². The third kappa shape index (κ3) is 3.66. The first kappa shape index (κ1) is 16.9. The lowest BCUT2D eigenvalue weighted by Crippen LogP contribution is -2.31. The summed E-state index contributed by atoms with van der Waals surface area (Å²) in [5, 5.41) is 0.559. The average Bonchev–Trinajstić information content (AvgIpc) is 2.53. The van der Waals surface area contributed by atoms with Crippen molar-refractivity contribution in [1.82, 2.24) is 0 Å². The molecule has 0 aliphatic heterocycles. The van der Waals surface area contributed by atoms with E-state index in [1.54, 1.807) is 66.4 Å². The van der Waals surface area contributed by atoms with Crippen molar-refractivity contribution in [3.63, 3.8) is 0 Å². The number of thioether (sulfide) groups is 1. The molecule has 2 aromatic carbocycles. The summed E-state index contributed by atoms with van der Waals surface area (Å²) < 4.78 is 27.0. The molecule has 2 aromatic rings. The molecule has 3 nitrogen and oxygen atoms in total. The molecule has 0 amide bonds. The van der Waals surface area contributed by atoms with E-state index < -0.39 is 10.0 Å². The molecule has 22 heavy (non-hydrogen) atoms. The molecule has 0 unspecified atom stereocenters. The minimum Gasteiger partial charge on any atom is -0.263 e. The molecule has 0 aromatic heterocycles. The Morgan fingerprint density at radius 1 is 1.14 bits per heavy atom. The molecule has 0 fully saturated rings. The summed E-state index contributed by atoms with van der Waals surface area (Å²) in [5.74, 6) is 0. The molecule has 6 heteroatoms. The molecule has 0 radical (unpaired) electrons. The Kier molecular flexibility index (Phi) is 5.56. The Morgan fingerprint density at radius 2 is 1.73 bits per heavy atom. The Labute approximate surface area is 140 Å². The first-order valence-corrected chi connectivity index (χ1v) is 9.56. The van der Waals surface area contributed by atoms with Crippen molar-refractivity contribution in [1.29, 1.82) is 0 Å². The zero-order valence-corrected chi connectivity index (χ0v) is 14.5. The zero-order valence-electron chi connectivity index (χ0n) is 12.1. The van der Waals surface area contributed by atoms with Gasteiger partial charge in [-0.15, -0.1) is 18.3 Å². The number of hydrogen-bond donors (Lipinski definition) is 0. The molecule has 0 saturated carbocycles. The maximum Gasteiger partial charge on any atom is 0.264 e. The van der Waals surface area contributed by atoms with Crippen LogP contribution in [0.15, 0.2) is 71.0 Å². The normalized spacial score (nSPS) is 11.2. The molecule has 2 rings (SSSR count). The molecule has 0 bridgehead atoms. The van der Waals surface area contributed by atoms with Gasteiger partial charge in [-0.1, -0.05) is 17.7 Å². The van der Waals surface area contributed by atoms with Crippen LogP contribution in [0.1, 0.15) is 0 Å². The SMILES string of the molecule is C=CCN(c1ccc(Cl)cc1)S(=O)(=O)c1ccc(SC)cc1. The van der Waals surface area contributed by atoms with Gasteiger partial charge in [-0.2, -0.15) is 0 Å². The van der Waals surface area contributed by atoms with Gasteiger partial charge in [-0.3, -0.25) is 4.31 Å². The van der Waals surface area contributed by atoms with E-state index in [4.69, 9.17) is 11.6 Å². The Morgan fingerprint density at radius 3 is 2.23 bits per heavy atom. The molecule has 0 heterocycles. The van der Waals surface area contributed by atoms with Crippen molar-refractivity contribution in [2.45, 2.75) is 9.79 Å². The lowest BCUT2D eigenvalue weighted by Gasteiger charge is -2.23. The van der Waals surface area contributed by atoms with Gasteiger partial charge in [0.1, 0.15) is 0 Å². The first-order valence-electron chi connectivity index (χ1n) is 6.52. The van der Waals surface area contributed by atoms with Crippen molar-refractivity contribution < 1.29 is 8.42 Å². The van der Waals surface area contributed by atoms with Crippen LogP contribution in [0, 0.1) is 0 Å². The van der Waals surface area contributed by atoms with Crippen LogP contribution in [0.4, 0.5) is 5.69 Å². The molecule has 0 spiro atoms. The number of anilines is 1. The van der Waals surface area contributed by atoms with Crippen LogP contribution in [-0.4, -0.2) is 21.2 Å². The Hall–Kier alpha value is -1.43. The minimum absolute atomic E-state index is 0.189. The van der Waals surface area contributed by atoms with Crippen molar-refractivity contribution in [2.75, 3.05) is 17.1 Å². The third-order valence-electron chi connectivity index (χ3n) is 3.06. The van der Waals surface area contributed by atoms with Gasteiger partial charge in [0, 0.05) is 9.92 Å². The van der Waals surface area contributed by atoms with Crippen molar-refractivity contribution in [3.8, 4) is 0 Å². The molecule has 0 saturated heterocycles. The highest BCUT2D eigenvalue weighted by atomic mass is 35.5. The highest BCUT2D eigenvalue weighted by Gasteiger charge is 2.23. The van der Waals surface area contributed by atoms with E-state index in [2.05, 4.69) is 6.58 Å². The smallest absolute Gasteiger partial charge is 0.263 e. The molecular weight excluding hydrogens is 338 g/mol. The van der Waals surface area contributed by atoms with E-state index >= 15 is 0 Å². The molecule has 0 atom stereocenters. The number of hydrogen-bond acceptors (Lipinski definition) is 3. The van der Waals surface area contributed by atoms with Gasteiger partial charge >= 0.3 is 0 Å². The molecule has 0 aliphatic carbocycles. The van der Waals surface area contributed by atoms with Crippen molar-refractivity contribution >= 4 is 39.1 Å². The standard InChI is InChI=1S/C16H16ClNO2S2/c1-3-12-18(14-6-4-13(17)5-7-14)22(19,20)16-10-8-15(21-2)9-11-16/h3-11H,1,12H2,2H3. The maximum atomic E-state index is 12.8. The van der Waals surface area contributed by atoms with Crippen LogP contribution in [-0.2, 0) is 10.0 Å². The van der Waals surface area contributed by atoms with Crippen molar-refractivity contribution in [2.24, 2.45) is 0 Å². The van der Waals surface area contributed by atoms with Gasteiger partial charge in [0.15, 0.2) is 0 Å². The largest absolute Gasteiger partial charge is 0.264 e. The van der Waals surface area contributed by atoms with E-state index in [1.807, 2.05) is 6.26 Å². The van der Waals surface area contributed by atoms with Gasteiger partial charge in [0.2, 0.25) is 0 Å². The summed E-state index contributed by atoms with van der Waals surface area (Å²) in [6, 6.07) is 13.5.